The Kier molecular flexibility index (Phi) is 12.1. The molecular weight excluding hydrogens is 280 g/mol. The molecule has 2 heterocycles. The van der Waals surface area contributed by atoms with E-state index in [2.05, 4.69) is 37.5 Å². The van der Waals surface area contributed by atoms with Crippen molar-refractivity contribution >= 4 is 0 Å². The Morgan fingerprint density at radius 1 is 0.652 bits per heavy atom. The minimum absolute atomic E-state index is 0.857. The molecule has 0 saturated carbocycles. The fourth-order valence-electron chi connectivity index (χ4n) is 3.94. The predicted molar refractivity (Wildman–Crippen MR) is 104 cm³/mol. The molecule has 0 aromatic carbocycles. The molecule has 2 aliphatic rings. The van der Waals surface area contributed by atoms with Gasteiger partial charge in [0.05, 0.1) is 0 Å². The third-order valence-electron chi connectivity index (χ3n) is 5.73. The maximum Gasteiger partial charge on any atom is 0.00674 e. The van der Waals surface area contributed by atoms with E-state index in [0.717, 1.165) is 12.1 Å². The summed E-state index contributed by atoms with van der Waals surface area (Å²) in [4.78, 5) is 5.30. The van der Waals surface area contributed by atoms with Crippen molar-refractivity contribution < 1.29 is 0 Å². The monoisotopic (exact) mass is 324 g/mol. The summed E-state index contributed by atoms with van der Waals surface area (Å²) in [6.45, 7) is 14.7. The summed E-state index contributed by atoms with van der Waals surface area (Å²) in [6.07, 6.45) is 15.5. The lowest BCUT2D eigenvalue weighted by molar-refractivity contribution is 0.158. The lowest BCUT2D eigenvalue weighted by Crippen LogP contribution is -2.37. The number of piperidine rings is 1. The van der Waals surface area contributed by atoms with Crippen LogP contribution in [0, 0.1) is 0 Å². The highest BCUT2D eigenvalue weighted by atomic mass is 15.2. The van der Waals surface area contributed by atoms with Crippen molar-refractivity contribution in [2.45, 2.75) is 110 Å². The van der Waals surface area contributed by atoms with E-state index in [0.29, 0.717) is 0 Å². The van der Waals surface area contributed by atoms with Crippen molar-refractivity contribution in [2.24, 2.45) is 0 Å². The van der Waals surface area contributed by atoms with Crippen LogP contribution in [0.2, 0.25) is 0 Å². The normalized spacial score (nSPS) is 26.1. The van der Waals surface area contributed by atoms with E-state index in [9.17, 15) is 0 Å². The number of rotatable bonds is 8. The third kappa shape index (κ3) is 9.10. The van der Waals surface area contributed by atoms with E-state index < -0.39 is 0 Å². The molecule has 23 heavy (non-hydrogen) atoms. The number of nitrogens with zero attached hydrogens (tertiary/aromatic N) is 2. The van der Waals surface area contributed by atoms with Gasteiger partial charge in [-0.25, -0.2) is 0 Å². The minimum Gasteiger partial charge on any atom is -0.301 e. The molecule has 2 aliphatic heterocycles. The molecule has 2 saturated heterocycles. The maximum absolute atomic E-state index is 2.67. The molecule has 2 heteroatoms. The van der Waals surface area contributed by atoms with Crippen molar-refractivity contribution in [1.29, 1.82) is 0 Å². The van der Waals surface area contributed by atoms with E-state index in [-0.39, 0.29) is 0 Å². The van der Waals surface area contributed by atoms with Crippen LogP contribution >= 0.6 is 0 Å². The first kappa shape index (κ1) is 21.0. The second kappa shape index (κ2) is 13.2. The molecule has 2 rings (SSSR count). The van der Waals surface area contributed by atoms with Gasteiger partial charge in [-0.1, -0.05) is 46.0 Å². The van der Waals surface area contributed by atoms with E-state index in [1.165, 1.54) is 96.8 Å². The number of hydrogen-bond donors (Lipinski definition) is 0. The van der Waals surface area contributed by atoms with Gasteiger partial charge in [0, 0.05) is 12.1 Å². The Morgan fingerprint density at radius 2 is 1.13 bits per heavy atom. The Hall–Kier alpha value is -0.0800. The summed E-state index contributed by atoms with van der Waals surface area (Å²) in [5.74, 6) is 0. The van der Waals surface area contributed by atoms with E-state index in [1.807, 2.05) is 0 Å². The van der Waals surface area contributed by atoms with Crippen molar-refractivity contribution in [3.05, 3.63) is 0 Å². The third-order valence-corrected chi connectivity index (χ3v) is 5.73. The molecule has 2 nitrogen and oxygen atoms in total. The topological polar surface area (TPSA) is 6.48 Å². The van der Waals surface area contributed by atoms with Gasteiger partial charge in [0.1, 0.15) is 0 Å². The van der Waals surface area contributed by atoms with Crippen molar-refractivity contribution in [3.8, 4) is 0 Å². The molecule has 2 atom stereocenters. The lowest BCUT2D eigenvalue weighted by Gasteiger charge is -2.33. The van der Waals surface area contributed by atoms with Crippen LogP contribution in [0.3, 0.4) is 0 Å². The van der Waals surface area contributed by atoms with Crippen LogP contribution < -0.4 is 0 Å². The van der Waals surface area contributed by atoms with E-state index in [4.69, 9.17) is 0 Å². The quantitative estimate of drug-likeness (QED) is 0.527. The predicted octanol–water partition coefficient (Wildman–Crippen LogP) is 5.71. The molecule has 0 aromatic rings. The van der Waals surface area contributed by atoms with Gasteiger partial charge in [-0.2, -0.15) is 0 Å². The summed E-state index contributed by atoms with van der Waals surface area (Å²) in [7, 11) is 0. The van der Waals surface area contributed by atoms with Crippen molar-refractivity contribution in [3.63, 3.8) is 0 Å². The molecule has 2 fully saturated rings. The summed E-state index contributed by atoms with van der Waals surface area (Å²) >= 11 is 0. The second-order valence-electron chi connectivity index (χ2n) is 7.82. The lowest BCUT2D eigenvalue weighted by atomic mass is 10.0. The molecule has 138 valence electrons. The number of unbranched alkanes of at least 4 members (excludes halogenated alkanes) is 4. The fourth-order valence-corrected chi connectivity index (χ4v) is 3.94. The van der Waals surface area contributed by atoms with Gasteiger partial charge >= 0.3 is 0 Å². The fraction of sp³-hybridized carbons (Fsp3) is 1.00. The first-order chi connectivity index (χ1) is 11.2. The van der Waals surface area contributed by atoms with E-state index >= 15 is 0 Å². The summed E-state index contributed by atoms with van der Waals surface area (Å²) in [6, 6.07) is 1.72. The zero-order valence-electron chi connectivity index (χ0n) is 16.7. The van der Waals surface area contributed by atoms with Crippen molar-refractivity contribution in [1.82, 2.24) is 9.80 Å². The molecular formula is C21H44N2. The highest BCUT2D eigenvalue weighted by Crippen LogP contribution is 2.17. The molecule has 0 amide bonds. The summed E-state index contributed by atoms with van der Waals surface area (Å²) in [5, 5.41) is 0. The van der Waals surface area contributed by atoms with Gasteiger partial charge in [-0.05, 0) is 78.6 Å². The van der Waals surface area contributed by atoms with Crippen LogP contribution in [0.1, 0.15) is 98.3 Å². The average Bonchev–Trinajstić information content (AvgIpc) is 2.96. The smallest absolute Gasteiger partial charge is 0.00674 e. The van der Waals surface area contributed by atoms with Crippen LogP contribution in [0.4, 0.5) is 0 Å². The van der Waals surface area contributed by atoms with Gasteiger partial charge in [-0.3, -0.25) is 0 Å². The Morgan fingerprint density at radius 3 is 1.57 bits per heavy atom. The van der Waals surface area contributed by atoms with E-state index in [1.54, 1.807) is 0 Å². The average molecular weight is 325 g/mol. The summed E-state index contributed by atoms with van der Waals surface area (Å²) < 4.78 is 0. The molecule has 0 spiro atoms. The molecule has 0 N–H and O–H groups in total. The van der Waals surface area contributed by atoms with Crippen LogP contribution in [-0.4, -0.2) is 48.1 Å². The zero-order valence-corrected chi connectivity index (χ0v) is 16.7. The van der Waals surface area contributed by atoms with Crippen LogP contribution in [0.25, 0.3) is 0 Å². The Bertz CT molecular complexity index is 267. The SMILES string of the molecule is CCCCCN1CCCC1C.CCCCCN1CCCCC1C. The standard InChI is InChI=1S/C11H23N.C10H21N/c1-3-4-6-9-12-10-7-5-8-11(12)2;1-3-4-5-8-11-9-6-7-10(11)2/h11H,3-10H2,1-2H3;10H,3-9H2,1-2H3. The number of hydrogen-bond acceptors (Lipinski definition) is 2. The molecule has 0 radical (unpaired) electrons. The highest BCUT2D eigenvalue weighted by Gasteiger charge is 2.18. The molecule has 0 bridgehead atoms. The maximum atomic E-state index is 2.67. The minimum atomic E-state index is 0.857. The highest BCUT2D eigenvalue weighted by molar-refractivity contribution is 4.74. The van der Waals surface area contributed by atoms with Gasteiger partial charge in [0.25, 0.3) is 0 Å². The van der Waals surface area contributed by atoms with Gasteiger partial charge in [-0.15, -0.1) is 0 Å². The van der Waals surface area contributed by atoms with Gasteiger partial charge < -0.3 is 9.80 Å². The first-order valence-corrected chi connectivity index (χ1v) is 10.7. The molecule has 0 aliphatic carbocycles. The van der Waals surface area contributed by atoms with Crippen LogP contribution in [0.5, 0.6) is 0 Å². The first-order valence-electron chi connectivity index (χ1n) is 10.7. The van der Waals surface area contributed by atoms with Gasteiger partial charge in [0.2, 0.25) is 0 Å². The van der Waals surface area contributed by atoms with Crippen LogP contribution in [0.15, 0.2) is 0 Å². The number of likely N-dealkylation sites (tertiary alicyclic amines) is 2. The van der Waals surface area contributed by atoms with Crippen molar-refractivity contribution in [2.75, 3.05) is 26.2 Å². The summed E-state index contributed by atoms with van der Waals surface area (Å²) in [5.41, 5.74) is 0. The Balaban J connectivity index is 0.000000231. The van der Waals surface area contributed by atoms with Crippen LogP contribution in [-0.2, 0) is 0 Å². The van der Waals surface area contributed by atoms with Gasteiger partial charge in [0.15, 0.2) is 0 Å². The molecule has 2 unspecified atom stereocenters. The largest absolute Gasteiger partial charge is 0.301 e. The zero-order chi connectivity index (χ0) is 16.9. The molecule has 0 aromatic heterocycles. The Labute approximate surface area is 147 Å². The second-order valence-corrected chi connectivity index (χ2v) is 7.82.